The molecule has 1 aromatic heterocycles. The summed E-state index contributed by atoms with van der Waals surface area (Å²) >= 11 is 0. The van der Waals surface area contributed by atoms with Gasteiger partial charge < -0.3 is 10.0 Å². The second-order valence-corrected chi connectivity index (χ2v) is 5.45. The monoisotopic (exact) mass is 264 g/mol. The van der Waals surface area contributed by atoms with Gasteiger partial charge in [-0.3, -0.25) is 14.7 Å². The molecule has 0 spiro atoms. The predicted molar refractivity (Wildman–Crippen MR) is 64.6 cm³/mol. The lowest BCUT2D eigenvalue weighted by Gasteiger charge is -2.12. The lowest BCUT2D eigenvalue weighted by molar-refractivity contribution is -0.142. The number of aliphatic carboxylic acids is 1. The Labute approximate surface area is 110 Å². The molecule has 3 rings (SSSR count). The highest BCUT2D eigenvalue weighted by atomic mass is 16.4. The fraction of sp³-hybridized carbons (Fsp3) is 0.667. The zero-order valence-electron chi connectivity index (χ0n) is 10.7. The molecule has 102 valence electrons. The predicted octanol–water partition coefficient (Wildman–Crippen LogP) is 0.475. The molecule has 2 N–H and O–H groups in total. The topological polar surface area (TPSA) is 99.2 Å². The van der Waals surface area contributed by atoms with Crippen molar-refractivity contribution in [3.63, 3.8) is 0 Å². The minimum Gasteiger partial charge on any atom is -0.481 e. The second kappa shape index (κ2) is 4.32. The first-order valence-corrected chi connectivity index (χ1v) is 6.50. The molecule has 7 nitrogen and oxygen atoms in total. The van der Waals surface area contributed by atoms with Gasteiger partial charge in [-0.2, -0.15) is 0 Å². The van der Waals surface area contributed by atoms with Crippen LogP contribution in [0, 0.1) is 11.8 Å². The minimum atomic E-state index is -0.851. The first-order chi connectivity index (χ1) is 9.06. The van der Waals surface area contributed by atoms with E-state index in [2.05, 4.69) is 15.2 Å². The average Bonchev–Trinajstić information content (AvgIpc) is 2.97. The molecule has 2 fully saturated rings. The molecular formula is C12H16N4O3. The molecule has 1 aliphatic heterocycles. The number of amides is 1. The summed E-state index contributed by atoms with van der Waals surface area (Å²) in [7, 11) is 0. The summed E-state index contributed by atoms with van der Waals surface area (Å²) in [6, 6.07) is 0. The summed E-state index contributed by atoms with van der Waals surface area (Å²) < 4.78 is 0. The van der Waals surface area contributed by atoms with Crippen LogP contribution < -0.4 is 0 Å². The Kier molecular flexibility index (Phi) is 2.76. The number of aromatic amines is 1. The van der Waals surface area contributed by atoms with E-state index in [9.17, 15) is 9.59 Å². The highest BCUT2D eigenvalue weighted by Crippen LogP contribution is 2.37. The third kappa shape index (κ3) is 2.20. The van der Waals surface area contributed by atoms with E-state index in [4.69, 9.17) is 5.11 Å². The average molecular weight is 264 g/mol. The van der Waals surface area contributed by atoms with Gasteiger partial charge in [0, 0.05) is 19.0 Å². The Hall–Kier alpha value is -1.92. The third-order valence-corrected chi connectivity index (χ3v) is 3.87. The summed E-state index contributed by atoms with van der Waals surface area (Å²) in [5, 5.41) is 15.8. The van der Waals surface area contributed by atoms with Crippen LogP contribution in [0.2, 0.25) is 0 Å². The number of H-pyrrole nitrogens is 1. The van der Waals surface area contributed by atoms with Crippen molar-refractivity contribution in [2.24, 2.45) is 11.8 Å². The quantitative estimate of drug-likeness (QED) is 0.827. The summed E-state index contributed by atoms with van der Waals surface area (Å²) in [5.41, 5.74) is 0. The highest BCUT2D eigenvalue weighted by molar-refractivity contribution is 5.91. The van der Waals surface area contributed by atoms with Crippen molar-refractivity contribution in [1.29, 1.82) is 0 Å². The molecular weight excluding hydrogens is 248 g/mol. The number of rotatable bonds is 3. The van der Waals surface area contributed by atoms with Gasteiger partial charge in [-0.1, -0.05) is 6.92 Å². The number of hydrogen-bond acceptors (Lipinski definition) is 4. The SMILES string of the molecule is CC1CN(C(=O)c2n[nH]c(C3CC3)n2)CC1C(=O)O. The van der Waals surface area contributed by atoms with Crippen LogP contribution in [-0.2, 0) is 4.79 Å². The number of aromatic nitrogens is 3. The Bertz CT molecular complexity index is 523. The molecule has 1 amide bonds. The molecule has 1 saturated carbocycles. The summed E-state index contributed by atoms with van der Waals surface area (Å²) in [6.07, 6.45) is 2.18. The van der Waals surface area contributed by atoms with Crippen LogP contribution in [0.3, 0.4) is 0 Å². The fourth-order valence-electron chi connectivity index (χ4n) is 2.50. The van der Waals surface area contributed by atoms with E-state index in [0.717, 1.165) is 18.7 Å². The zero-order chi connectivity index (χ0) is 13.6. The number of likely N-dealkylation sites (tertiary alicyclic amines) is 1. The maximum Gasteiger partial charge on any atom is 0.308 e. The van der Waals surface area contributed by atoms with Crippen molar-refractivity contribution in [3.8, 4) is 0 Å². The number of carboxylic acids is 1. The Balaban J connectivity index is 1.71. The van der Waals surface area contributed by atoms with Gasteiger partial charge in [-0.25, -0.2) is 4.98 Å². The maximum absolute atomic E-state index is 12.2. The van der Waals surface area contributed by atoms with Crippen LogP contribution in [0.1, 0.15) is 42.1 Å². The molecule has 1 saturated heterocycles. The van der Waals surface area contributed by atoms with Crippen LogP contribution in [0.4, 0.5) is 0 Å². The van der Waals surface area contributed by atoms with E-state index in [0.29, 0.717) is 12.5 Å². The Morgan fingerprint density at radius 1 is 1.37 bits per heavy atom. The van der Waals surface area contributed by atoms with E-state index in [1.54, 1.807) is 0 Å². The van der Waals surface area contributed by atoms with Crippen molar-refractivity contribution < 1.29 is 14.7 Å². The molecule has 0 aromatic carbocycles. The summed E-state index contributed by atoms with van der Waals surface area (Å²) in [4.78, 5) is 29.0. The van der Waals surface area contributed by atoms with Gasteiger partial charge in [0.1, 0.15) is 5.82 Å². The van der Waals surface area contributed by atoms with Crippen LogP contribution in [0.25, 0.3) is 0 Å². The van der Waals surface area contributed by atoms with Crippen LogP contribution in [0.15, 0.2) is 0 Å². The lowest BCUT2D eigenvalue weighted by Crippen LogP contribution is -2.30. The fourth-order valence-corrected chi connectivity index (χ4v) is 2.50. The number of nitrogens with one attached hydrogen (secondary N) is 1. The van der Waals surface area contributed by atoms with Gasteiger partial charge >= 0.3 is 5.97 Å². The summed E-state index contributed by atoms with van der Waals surface area (Å²) in [5.74, 6) is -0.326. The summed E-state index contributed by atoms with van der Waals surface area (Å²) in [6.45, 7) is 2.53. The lowest BCUT2D eigenvalue weighted by atomic mass is 9.99. The van der Waals surface area contributed by atoms with E-state index in [-0.39, 0.29) is 24.2 Å². The molecule has 19 heavy (non-hydrogen) atoms. The minimum absolute atomic E-state index is 0.0386. The standard InChI is InChI=1S/C12H16N4O3/c1-6-4-16(5-8(6)12(18)19)11(17)10-13-9(14-15-10)7-2-3-7/h6-8H,2-5H2,1H3,(H,18,19)(H,13,14,15). The molecule has 2 aliphatic rings. The van der Waals surface area contributed by atoms with E-state index in [1.165, 1.54) is 4.90 Å². The van der Waals surface area contributed by atoms with Gasteiger partial charge in [0.2, 0.25) is 5.82 Å². The number of carbonyl (C=O) groups excluding carboxylic acids is 1. The van der Waals surface area contributed by atoms with Crippen molar-refractivity contribution in [3.05, 3.63) is 11.6 Å². The molecule has 1 aliphatic carbocycles. The number of carboxylic acid groups (broad SMARTS) is 1. The van der Waals surface area contributed by atoms with Gasteiger partial charge in [-0.15, -0.1) is 5.10 Å². The Morgan fingerprint density at radius 2 is 2.11 bits per heavy atom. The normalized spacial score (nSPS) is 26.7. The second-order valence-electron chi connectivity index (χ2n) is 5.45. The van der Waals surface area contributed by atoms with Crippen LogP contribution in [-0.4, -0.2) is 50.2 Å². The molecule has 1 aromatic rings. The maximum atomic E-state index is 12.2. The first-order valence-electron chi connectivity index (χ1n) is 6.50. The van der Waals surface area contributed by atoms with E-state index >= 15 is 0 Å². The zero-order valence-corrected chi connectivity index (χ0v) is 10.7. The van der Waals surface area contributed by atoms with Crippen LogP contribution in [0.5, 0.6) is 0 Å². The molecule has 0 bridgehead atoms. The van der Waals surface area contributed by atoms with Crippen molar-refractivity contribution in [1.82, 2.24) is 20.1 Å². The highest BCUT2D eigenvalue weighted by Gasteiger charge is 2.38. The van der Waals surface area contributed by atoms with Crippen LogP contribution >= 0.6 is 0 Å². The first kappa shape index (κ1) is 12.1. The van der Waals surface area contributed by atoms with Crippen molar-refractivity contribution in [2.45, 2.75) is 25.7 Å². The van der Waals surface area contributed by atoms with Gasteiger partial charge in [-0.05, 0) is 18.8 Å². The third-order valence-electron chi connectivity index (χ3n) is 3.87. The Morgan fingerprint density at radius 3 is 2.68 bits per heavy atom. The van der Waals surface area contributed by atoms with E-state index in [1.807, 2.05) is 6.92 Å². The largest absolute Gasteiger partial charge is 0.481 e. The van der Waals surface area contributed by atoms with Gasteiger partial charge in [0.25, 0.3) is 5.91 Å². The molecule has 0 radical (unpaired) electrons. The van der Waals surface area contributed by atoms with E-state index < -0.39 is 11.9 Å². The number of hydrogen-bond donors (Lipinski definition) is 2. The van der Waals surface area contributed by atoms with Gasteiger partial charge in [0.15, 0.2) is 0 Å². The molecule has 2 heterocycles. The van der Waals surface area contributed by atoms with Gasteiger partial charge in [0.05, 0.1) is 5.92 Å². The van der Waals surface area contributed by atoms with Crippen molar-refractivity contribution in [2.75, 3.05) is 13.1 Å². The molecule has 2 unspecified atom stereocenters. The molecule has 2 atom stereocenters. The number of carbonyl (C=O) groups is 2. The smallest absolute Gasteiger partial charge is 0.308 e. The van der Waals surface area contributed by atoms with Crippen molar-refractivity contribution >= 4 is 11.9 Å². The molecule has 7 heteroatoms. The number of nitrogens with zero attached hydrogens (tertiary/aromatic N) is 3.